The van der Waals surface area contributed by atoms with Crippen LogP contribution in [0.3, 0.4) is 0 Å². The Hall–Kier alpha value is -1.65. The quantitative estimate of drug-likeness (QED) is 0.257. The number of nitrogens with one attached hydrogen (secondary N) is 2. The molecule has 2 heterocycles. The van der Waals surface area contributed by atoms with E-state index in [-0.39, 0.29) is 24.0 Å². The fourth-order valence-corrected chi connectivity index (χ4v) is 3.33. The highest BCUT2D eigenvalue weighted by Crippen LogP contribution is 2.18. The van der Waals surface area contributed by atoms with Crippen LogP contribution in [0.2, 0.25) is 5.02 Å². The molecule has 0 unspecified atom stereocenters. The van der Waals surface area contributed by atoms with Crippen molar-refractivity contribution in [3.63, 3.8) is 0 Å². The number of aliphatic imine (C=N–C) groups is 1. The van der Waals surface area contributed by atoms with Crippen LogP contribution in [0.5, 0.6) is 0 Å². The van der Waals surface area contributed by atoms with Crippen LogP contribution in [0.15, 0.2) is 45.9 Å². The molecule has 1 fully saturated rings. The van der Waals surface area contributed by atoms with Crippen molar-refractivity contribution in [1.29, 1.82) is 0 Å². The van der Waals surface area contributed by atoms with Gasteiger partial charge in [0.05, 0.1) is 6.54 Å². The average Bonchev–Trinajstić information content (AvgIpc) is 3.15. The van der Waals surface area contributed by atoms with Gasteiger partial charge >= 0.3 is 0 Å². The molecule has 0 aliphatic carbocycles. The van der Waals surface area contributed by atoms with Crippen LogP contribution in [0, 0.1) is 0 Å². The highest BCUT2D eigenvalue weighted by Gasteiger charge is 2.20. The predicted molar refractivity (Wildman–Crippen MR) is 128 cm³/mol. The molecule has 0 radical (unpaired) electrons. The minimum atomic E-state index is 0. The zero-order valence-corrected chi connectivity index (χ0v) is 19.9. The second-order valence-electron chi connectivity index (χ2n) is 7.10. The summed E-state index contributed by atoms with van der Waals surface area (Å²) in [7, 11) is 1.76. The predicted octanol–water partition coefficient (Wildman–Crippen LogP) is 3.71. The summed E-state index contributed by atoms with van der Waals surface area (Å²) < 4.78 is 5.33. The fraction of sp³-hybridized carbons (Fsp3) is 0.450. The molecular weight excluding hydrogens is 503 g/mol. The van der Waals surface area contributed by atoms with E-state index in [4.69, 9.17) is 16.1 Å². The number of piperidine rings is 1. The minimum Gasteiger partial charge on any atom is -0.354 e. The van der Waals surface area contributed by atoms with Crippen molar-refractivity contribution in [3.05, 3.63) is 47.3 Å². The molecule has 0 saturated carbocycles. The van der Waals surface area contributed by atoms with Crippen molar-refractivity contribution in [3.8, 4) is 11.4 Å². The van der Waals surface area contributed by atoms with Crippen LogP contribution in [0.4, 0.5) is 0 Å². The van der Waals surface area contributed by atoms with Gasteiger partial charge in [-0.1, -0.05) is 28.9 Å². The molecule has 0 amide bonds. The smallest absolute Gasteiger partial charge is 0.246 e. The molecule has 0 bridgehead atoms. The summed E-state index contributed by atoms with van der Waals surface area (Å²) >= 11 is 5.91. The highest BCUT2D eigenvalue weighted by atomic mass is 127. The maximum Gasteiger partial charge on any atom is 0.246 e. The van der Waals surface area contributed by atoms with Crippen molar-refractivity contribution in [2.24, 2.45) is 4.99 Å². The lowest BCUT2D eigenvalue weighted by Crippen LogP contribution is -2.48. The number of hydrogen-bond acceptors (Lipinski definition) is 5. The van der Waals surface area contributed by atoms with E-state index in [0.717, 1.165) is 44.0 Å². The Morgan fingerprint density at radius 2 is 2.00 bits per heavy atom. The Kier molecular flexibility index (Phi) is 9.38. The molecule has 1 aromatic carbocycles. The molecule has 9 heteroatoms. The van der Waals surface area contributed by atoms with Gasteiger partial charge in [-0.15, -0.1) is 24.0 Å². The average molecular weight is 531 g/mol. The Labute approximate surface area is 194 Å². The molecule has 1 aliphatic heterocycles. The van der Waals surface area contributed by atoms with Crippen molar-refractivity contribution < 1.29 is 4.52 Å². The molecule has 1 saturated heterocycles. The van der Waals surface area contributed by atoms with Crippen LogP contribution < -0.4 is 10.6 Å². The van der Waals surface area contributed by atoms with Gasteiger partial charge in [0.1, 0.15) is 0 Å². The van der Waals surface area contributed by atoms with Gasteiger partial charge in [-0.25, -0.2) is 0 Å². The van der Waals surface area contributed by atoms with Gasteiger partial charge in [0.2, 0.25) is 11.7 Å². The topological polar surface area (TPSA) is 78.6 Å². The Bertz CT molecular complexity index is 815. The van der Waals surface area contributed by atoms with Gasteiger partial charge in [0.15, 0.2) is 5.96 Å². The number of hydrogen-bond donors (Lipinski definition) is 2. The van der Waals surface area contributed by atoms with Crippen LogP contribution in [0.1, 0.15) is 25.7 Å². The van der Waals surface area contributed by atoms with Gasteiger partial charge in [-0.2, -0.15) is 4.98 Å². The third-order valence-corrected chi connectivity index (χ3v) is 4.88. The highest BCUT2D eigenvalue weighted by molar-refractivity contribution is 14.0. The first kappa shape index (κ1) is 23.6. The molecule has 2 aromatic rings. The molecule has 0 atom stereocenters. The van der Waals surface area contributed by atoms with E-state index in [0.29, 0.717) is 29.3 Å². The molecule has 1 aromatic heterocycles. The number of guanidine groups is 1. The summed E-state index contributed by atoms with van der Waals surface area (Å²) in [4.78, 5) is 11.2. The van der Waals surface area contributed by atoms with Gasteiger partial charge < -0.3 is 15.2 Å². The van der Waals surface area contributed by atoms with E-state index in [1.54, 1.807) is 19.2 Å². The first-order chi connectivity index (χ1) is 13.5. The zero-order valence-electron chi connectivity index (χ0n) is 16.8. The molecule has 158 valence electrons. The summed E-state index contributed by atoms with van der Waals surface area (Å²) in [6, 6.07) is 7.74. The number of nitrogens with zero attached hydrogens (tertiary/aromatic N) is 4. The third kappa shape index (κ3) is 7.27. The minimum absolute atomic E-state index is 0. The van der Waals surface area contributed by atoms with Gasteiger partial charge in [0.25, 0.3) is 0 Å². The first-order valence-corrected chi connectivity index (χ1v) is 9.83. The summed E-state index contributed by atoms with van der Waals surface area (Å²) in [6.45, 7) is 9.59. The molecule has 7 nitrogen and oxygen atoms in total. The van der Waals surface area contributed by atoms with E-state index in [9.17, 15) is 0 Å². The monoisotopic (exact) mass is 530 g/mol. The first-order valence-electron chi connectivity index (χ1n) is 9.46. The number of halogens is 2. The van der Waals surface area contributed by atoms with Crippen LogP contribution in [-0.4, -0.2) is 53.7 Å². The van der Waals surface area contributed by atoms with E-state index in [1.165, 1.54) is 5.57 Å². The number of benzene rings is 1. The van der Waals surface area contributed by atoms with E-state index in [1.807, 2.05) is 12.1 Å². The summed E-state index contributed by atoms with van der Waals surface area (Å²) in [5, 5.41) is 11.4. The van der Waals surface area contributed by atoms with Gasteiger partial charge in [-0.05, 0) is 44.0 Å². The van der Waals surface area contributed by atoms with Crippen molar-refractivity contribution in [1.82, 2.24) is 25.7 Å². The van der Waals surface area contributed by atoms with Crippen molar-refractivity contribution in [2.45, 2.75) is 32.4 Å². The molecule has 3 rings (SSSR count). The standard InChI is InChI=1S/C20H27ClN6O.HI/c1-14(2)13-27-10-8-17(9-11-27)24-20(22-3)23-12-18-25-19(26-28-18)15-4-6-16(21)7-5-15;/h4-7,17H,1,8-13H2,2-3H3,(H2,22,23,24);1H. The number of aromatic nitrogens is 2. The van der Waals surface area contributed by atoms with Crippen LogP contribution in [0.25, 0.3) is 11.4 Å². The SMILES string of the molecule is C=C(C)CN1CCC(NC(=NC)NCc2nc(-c3ccc(Cl)cc3)no2)CC1.I. The summed E-state index contributed by atoms with van der Waals surface area (Å²) in [5.41, 5.74) is 2.07. The lowest BCUT2D eigenvalue weighted by atomic mass is 10.0. The van der Waals surface area contributed by atoms with Crippen molar-refractivity contribution in [2.75, 3.05) is 26.7 Å². The molecule has 2 N–H and O–H groups in total. The van der Waals surface area contributed by atoms with Crippen molar-refractivity contribution >= 4 is 41.5 Å². The van der Waals surface area contributed by atoms with E-state index >= 15 is 0 Å². The largest absolute Gasteiger partial charge is 0.354 e. The van der Waals surface area contributed by atoms with Gasteiger partial charge in [0, 0.05) is 43.3 Å². The zero-order chi connectivity index (χ0) is 19.9. The maximum absolute atomic E-state index is 5.91. The molecule has 29 heavy (non-hydrogen) atoms. The normalized spacial score (nSPS) is 15.6. The Balaban J connectivity index is 0.00000300. The Morgan fingerprint density at radius 1 is 1.31 bits per heavy atom. The van der Waals surface area contributed by atoms with E-state index < -0.39 is 0 Å². The molecular formula is C20H28ClIN6O. The van der Waals surface area contributed by atoms with Crippen LogP contribution in [-0.2, 0) is 6.54 Å². The van der Waals surface area contributed by atoms with E-state index in [2.05, 4.69) is 44.2 Å². The second kappa shape index (κ2) is 11.5. The van der Waals surface area contributed by atoms with Gasteiger partial charge in [-0.3, -0.25) is 9.89 Å². The Morgan fingerprint density at radius 3 is 2.62 bits per heavy atom. The number of likely N-dealkylation sites (tertiary alicyclic amines) is 1. The molecule has 0 spiro atoms. The summed E-state index contributed by atoms with van der Waals surface area (Å²) in [6.07, 6.45) is 2.16. The second-order valence-corrected chi connectivity index (χ2v) is 7.53. The van der Waals surface area contributed by atoms with Crippen LogP contribution >= 0.6 is 35.6 Å². The maximum atomic E-state index is 5.91. The summed E-state index contributed by atoms with van der Waals surface area (Å²) in [5.74, 6) is 1.79. The fourth-order valence-electron chi connectivity index (χ4n) is 3.21. The molecule has 1 aliphatic rings. The number of rotatable bonds is 6. The lowest BCUT2D eigenvalue weighted by Gasteiger charge is -2.33. The third-order valence-electron chi connectivity index (χ3n) is 4.62. The lowest BCUT2D eigenvalue weighted by molar-refractivity contribution is 0.221.